The predicted octanol–water partition coefficient (Wildman–Crippen LogP) is 3.05. The van der Waals surface area contributed by atoms with Crippen molar-refractivity contribution >= 4 is 12.1 Å². The molecule has 1 aromatic carbocycles. The van der Waals surface area contributed by atoms with Gasteiger partial charge in [-0.05, 0) is 39.7 Å². The maximum absolute atomic E-state index is 12.2. The average Bonchev–Trinajstić information content (AvgIpc) is 2.54. The van der Waals surface area contributed by atoms with Crippen LogP contribution in [0.5, 0.6) is 0 Å². The number of piperidine rings is 1. The second kappa shape index (κ2) is 7.87. The highest BCUT2D eigenvalue weighted by molar-refractivity contribution is 5.74. The zero-order chi connectivity index (χ0) is 18.6. The van der Waals surface area contributed by atoms with E-state index in [1.807, 2.05) is 37.3 Å². The van der Waals surface area contributed by atoms with Gasteiger partial charge in [0, 0.05) is 25.2 Å². The molecule has 1 amide bonds. The number of aliphatic carboxylic acids is 1. The van der Waals surface area contributed by atoms with Crippen LogP contribution >= 0.6 is 0 Å². The van der Waals surface area contributed by atoms with Crippen molar-refractivity contribution in [2.75, 3.05) is 13.1 Å². The lowest BCUT2D eigenvalue weighted by molar-refractivity contribution is -0.144. The summed E-state index contributed by atoms with van der Waals surface area (Å²) in [7, 11) is 0. The number of ether oxygens (including phenoxy) is 1. The van der Waals surface area contributed by atoms with Gasteiger partial charge in [-0.25, -0.2) is 4.79 Å². The van der Waals surface area contributed by atoms with Crippen LogP contribution in [0.3, 0.4) is 0 Å². The summed E-state index contributed by atoms with van der Waals surface area (Å²) in [4.78, 5) is 25.4. The number of amides is 1. The molecule has 0 aliphatic carbocycles. The van der Waals surface area contributed by atoms with Crippen molar-refractivity contribution in [2.45, 2.75) is 51.8 Å². The SMILES string of the molecule is C[C@@H](N[C@@H]1CCN(C(=O)OC(C)(C)C)C[C@H]1C(=O)O)c1ccccc1. The van der Waals surface area contributed by atoms with Crippen LogP contribution in [-0.2, 0) is 9.53 Å². The number of carbonyl (C=O) groups excluding carboxylic acids is 1. The molecule has 1 aliphatic rings. The summed E-state index contributed by atoms with van der Waals surface area (Å²) in [6.45, 7) is 8.07. The number of carbonyl (C=O) groups is 2. The molecule has 138 valence electrons. The van der Waals surface area contributed by atoms with E-state index in [0.29, 0.717) is 13.0 Å². The van der Waals surface area contributed by atoms with Crippen molar-refractivity contribution in [2.24, 2.45) is 5.92 Å². The first-order valence-electron chi connectivity index (χ1n) is 8.69. The van der Waals surface area contributed by atoms with E-state index >= 15 is 0 Å². The first-order chi connectivity index (χ1) is 11.7. The minimum absolute atomic E-state index is 0.0427. The summed E-state index contributed by atoms with van der Waals surface area (Å²) in [5, 5.41) is 13.0. The third kappa shape index (κ3) is 5.46. The van der Waals surface area contributed by atoms with Gasteiger partial charge in [0.2, 0.25) is 0 Å². The lowest BCUT2D eigenvalue weighted by atomic mass is 9.91. The quantitative estimate of drug-likeness (QED) is 0.874. The number of benzene rings is 1. The average molecular weight is 348 g/mol. The van der Waals surface area contributed by atoms with Crippen molar-refractivity contribution in [1.29, 1.82) is 0 Å². The Bertz CT molecular complexity index is 597. The smallest absolute Gasteiger partial charge is 0.410 e. The molecule has 1 aliphatic heterocycles. The largest absolute Gasteiger partial charge is 0.481 e. The number of likely N-dealkylation sites (tertiary alicyclic amines) is 1. The first-order valence-corrected chi connectivity index (χ1v) is 8.69. The molecule has 1 aromatic rings. The van der Waals surface area contributed by atoms with Crippen LogP contribution in [0.25, 0.3) is 0 Å². The van der Waals surface area contributed by atoms with Gasteiger partial charge in [-0.1, -0.05) is 30.3 Å². The van der Waals surface area contributed by atoms with Gasteiger partial charge in [-0.15, -0.1) is 0 Å². The standard InChI is InChI=1S/C19H28N2O4/c1-13(14-8-6-5-7-9-14)20-16-10-11-21(12-15(16)17(22)23)18(24)25-19(2,3)4/h5-9,13,15-16,20H,10-12H2,1-4H3,(H,22,23)/t13-,15-,16-/m1/s1. The molecule has 0 unspecified atom stereocenters. The van der Waals surface area contributed by atoms with Gasteiger partial charge in [-0.3, -0.25) is 4.79 Å². The number of carboxylic acid groups (broad SMARTS) is 1. The Kier molecular flexibility index (Phi) is 6.06. The zero-order valence-corrected chi connectivity index (χ0v) is 15.4. The van der Waals surface area contributed by atoms with Crippen LogP contribution in [0.1, 0.15) is 45.7 Å². The van der Waals surface area contributed by atoms with Crippen molar-refractivity contribution in [3.05, 3.63) is 35.9 Å². The molecule has 1 heterocycles. The molecule has 1 saturated heterocycles. The van der Waals surface area contributed by atoms with Crippen LogP contribution < -0.4 is 5.32 Å². The van der Waals surface area contributed by atoms with Crippen molar-refractivity contribution in [3.8, 4) is 0 Å². The van der Waals surface area contributed by atoms with Crippen molar-refractivity contribution in [3.63, 3.8) is 0 Å². The third-order valence-corrected chi connectivity index (χ3v) is 4.35. The second-order valence-corrected chi connectivity index (χ2v) is 7.57. The Balaban J connectivity index is 2.02. The first kappa shape index (κ1) is 19.2. The topological polar surface area (TPSA) is 78.9 Å². The van der Waals surface area contributed by atoms with Crippen LogP contribution in [0.15, 0.2) is 30.3 Å². The Labute approximate surface area is 149 Å². The summed E-state index contributed by atoms with van der Waals surface area (Å²) in [5.74, 6) is -1.56. The van der Waals surface area contributed by atoms with Gasteiger partial charge in [0.1, 0.15) is 5.60 Å². The highest BCUT2D eigenvalue weighted by atomic mass is 16.6. The van der Waals surface area contributed by atoms with E-state index in [0.717, 1.165) is 5.56 Å². The molecule has 0 spiro atoms. The van der Waals surface area contributed by atoms with Crippen LogP contribution in [0.4, 0.5) is 4.79 Å². The fourth-order valence-corrected chi connectivity index (χ4v) is 3.05. The van der Waals surface area contributed by atoms with Crippen molar-refractivity contribution in [1.82, 2.24) is 10.2 Å². The number of carboxylic acids is 1. The number of nitrogens with one attached hydrogen (secondary N) is 1. The molecule has 0 saturated carbocycles. The van der Waals surface area contributed by atoms with E-state index in [9.17, 15) is 14.7 Å². The zero-order valence-electron chi connectivity index (χ0n) is 15.4. The Hall–Kier alpha value is -2.08. The monoisotopic (exact) mass is 348 g/mol. The van der Waals surface area contributed by atoms with Crippen LogP contribution in [0.2, 0.25) is 0 Å². The lowest BCUT2D eigenvalue weighted by Gasteiger charge is -2.38. The highest BCUT2D eigenvalue weighted by Crippen LogP contribution is 2.23. The van der Waals surface area contributed by atoms with E-state index in [-0.39, 0.29) is 18.6 Å². The van der Waals surface area contributed by atoms with Gasteiger partial charge in [0.15, 0.2) is 0 Å². The second-order valence-electron chi connectivity index (χ2n) is 7.57. The van der Waals surface area contributed by atoms with E-state index < -0.39 is 23.6 Å². The Morgan fingerprint density at radius 1 is 1.28 bits per heavy atom. The molecular formula is C19H28N2O4. The van der Waals surface area contributed by atoms with Gasteiger partial charge in [0.25, 0.3) is 0 Å². The number of hydrogen-bond donors (Lipinski definition) is 2. The molecule has 1 fully saturated rings. The molecule has 0 aromatic heterocycles. The molecule has 2 rings (SSSR count). The Morgan fingerprint density at radius 3 is 2.48 bits per heavy atom. The number of rotatable bonds is 4. The lowest BCUT2D eigenvalue weighted by Crippen LogP contribution is -2.54. The summed E-state index contributed by atoms with van der Waals surface area (Å²) in [5.41, 5.74) is 0.522. The molecule has 2 N–H and O–H groups in total. The normalized spacial score (nSPS) is 22.3. The fourth-order valence-electron chi connectivity index (χ4n) is 3.05. The maximum atomic E-state index is 12.2. The molecular weight excluding hydrogens is 320 g/mol. The van der Waals surface area contributed by atoms with E-state index in [1.54, 1.807) is 20.8 Å². The Morgan fingerprint density at radius 2 is 1.92 bits per heavy atom. The van der Waals surface area contributed by atoms with Gasteiger partial charge in [0.05, 0.1) is 5.92 Å². The maximum Gasteiger partial charge on any atom is 0.410 e. The molecule has 6 nitrogen and oxygen atoms in total. The summed E-state index contributed by atoms with van der Waals surface area (Å²) in [6.07, 6.45) is 0.126. The van der Waals surface area contributed by atoms with E-state index in [2.05, 4.69) is 5.32 Å². The van der Waals surface area contributed by atoms with Crippen LogP contribution in [0, 0.1) is 5.92 Å². The molecule has 25 heavy (non-hydrogen) atoms. The van der Waals surface area contributed by atoms with Gasteiger partial charge < -0.3 is 20.1 Å². The third-order valence-electron chi connectivity index (χ3n) is 4.35. The number of nitrogens with zero attached hydrogens (tertiary/aromatic N) is 1. The molecule has 3 atom stereocenters. The van der Waals surface area contributed by atoms with Gasteiger partial charge >= 0.3 is 12.1 Å². The van der Waals surface area contributed by atoms with Crippen molar-refractivity contribution < 1.29 is 19.4 Å². The molecule has 6 heteroatoms. The number of hydrogen-bond acceptors (Lipinski definition) is 4. The minimum Gasteiger partial charge on any atom is -0.481 e. The summed E-state index contributed by atoms with van der Waals surface area (Å²) >= 11 is 0. The summed E-state index contributed by atoms with van der Waals surface area (Å²) in [6, 6.07) is 9.77. The van der Waals surface area contributed by atoms with E-state index in [4.69, 9.17) is 4.74 Å². The summed E-state index contributed by atoms with van der Waals surface area (Å²) < 4.78 is 5.36. The molecule has 0 bridgehead atoms. The highest BCUT2D eigenvalue weighted by Gasteiger charge is 2.38. The van der Waals surface area contributed by atoms with E-state index in [1.165, 1.54) is 4.90 Å². The predicted molar refractivity (Wildman–Crippen MR) is 95.3 cm³/mol. The minimum atomic E-state index is -0.897. The molecule has 0 radical (unpaired) electrons. The fraction of sp³-hybridized carbons (Fsp3) is 0.579. The van der Waals surface area contributed by atoms with Gasteiger partial charge in [-0.2, -0.15) is 0 Å². The van der Waals surface area contributed by atoms with Crippen LogP contribution in [-0.4, -0.2) is 46.8 Å².